The summed E-state index contributed by atoms with van der Waals surface area (Å²) >= 11 is 1.51. The minimum Gasteiger partial charge on any atom is -0.330 e. The van der Waals surface area contributed by atoms with Gasteiger partial charge in [-0.2, -0.15) is 0 Å². The van der Waals surface area contributed by atoms with Crippen molar-refractivity contribution in [3.8, 4) is 0 Å². The Morgan fingerprint density at radius 2 is 1.90 bits per heavy atom. The second kappa shape index (κ2) is 6.39. The molecule has 2 rings (SSSR count). The van der Waals surface area contributed by atoms with Crippen LogP contribution in [0.4, 0.5) is 0 Å². The van der Waals surface area contributed by atoms with Gasteiger partial charge in [0.2, 0.25) is 0 Å². The van der Waals surface area contributed by atoms with Gasteiger partial charge in [0.1, 0.15) is 5.03 Å². The van der Waals surface area contributed by atoms with E-state index in [1.54, 1.807) is 30.5 Å². The smallest absolute Gasteiger partial charge is 0.175 e. The van der Waals surface area contributed by atoms with Crippen molar-refractivity contribution in [1.29, 1.82) is 0 Å². The Labute approximate surface area is 123 Å². The van der Waals surface area contributed by atoms with E-state index in [4.69, 9.17) is 5.73 Å². The first-order chi connectivity index (χ1) is 9.50. The van der Waals surface area contributed by atoms with Crippen LogP contribution in [0.25, 0.3) is 0 Å². The average molecular weight is 308 g/mol. The van der Waals surface area contributed by atoms with Crippen molar-refractivity contribution in [2.24, 2.45) is 5.73 Å². The van der Waals surface area contributed by atoms with Crippen LogP contribution in [-0.4, -0.2) is 26.2 Å². The van der Waals surface area contributed by atoms with E-state index in [0.29, 0.717) is 11.4 Å². The number of hydrogen-bond acceptors (Lipinski definition) is 5. The van der Waals surface area contributed by atoms with E-state index >= 15 is 0 Å². The molecule has 2 aromatic rings. The molecule has 1 aromatic carbocycles. The second-order valence-corrected chi connectivity index (χ2v) is 7.43. The maximum Gasteiger partial charge on any atom is 0.175 e. The molecule has 0 bridgehead atoms. The summed E-state index contributed by atoms with van der Waals surface area (Å²) in [6.45, 7) is 0.576. The predicted octanol–water partition coefficient (Wildman–Crippen LogP) is 2.14. The monoisotopic (exact) mass is 308 g/mol. The molecule has 0 aliphatic carbocycles. The van der Waals surface area contributed by atoms with Crippen LogP contribution in [-0.2, 0) is 16.3 Å². The quantitative estimate of drug-likeness (QED) is 0.916. The van der Waals surface area contributed by atoms with Crippen LogP contribution in [0.1, 0.15) is 5.56 Å². The van der Waals surface area contributed by atoms with E-state index < -0.39 is 9.84 Å². The van der Waals surface area contributed by atoms with Crippen LogP contribution in [0, 0.1) is 0 Å². The fourth-order valence-corrected chi connectivity index (χ4v) is 3.27. The van der Waals surface area contributed by atoms with E-state index in [1.165, 1.54) is 18.0 Å². The van der Waals surface area contributed by atoms with Crippen LogP contribution in [0.15, 0.2) is 57.4 Å². The van der Waals surface area contributed by atoms with Gasteiger partial charge in [-0.3, -0.25) is 0 Å². The first-order valence-electron chi connectivity index (χ1n) is 6.12. The van der Waals surface area contributed by atoms with Crippen LogP contribution in [0.3, 0.4) is 0 Å². The molecular weight excluding hydrogens is 292 g/mol. The molecule has 0 unspecified atom stereocenters. The maximum atomic E-state index is 11.4. The normalized spacial score (nSPS) is 11.5. The third-order valence-electron chi connectivity index (χ3n) is 2.73. The third-order valence-corrected chi connectivity index (χ3v) is 4.93. The molecule has 1 heterocycles. The Hall–Kier alpha value is -1.37. The molecule has 0 aliphatic rings. The van der Waals surface area contributed by atoms with Gasteiger partial charge in [-0.05, 0) is 48.9 Å². The summed E-state index contributed by atoms with van der Waals surface area (Å²) in [6.07, 6.45) is 3.72. The van der Waals surface area contributed by atoms with E-state index in [0.717, 1.165) is 21.9 Å². The summed E-state index contributed by atoms with van der Waals surface area (Å²) < 4.78 is 22.8. The van der Waals surface area contributed by atoms with E-state index in [2.05, 4.69) is 4.98 Å². The average Bonchev–Trinajstić information content (AvgIpc) is 2.41. The zero-order chi connectivity index (χ0) is 14.6. The molecule has 0 amide bonds. The van der Waals surface area contributed by atoms with Gasteiger partial charge in [0.25, 0.3) is 0 Å². The molecule has 0 saturated heterocycles. The van der Waals surface area contributed by atoms with Gasteiger partial charge in [-0.25, -0.2) is 13.4 Å². The molecule has 1 aromatic heterocycles. The number of nitrogens with two attached hydrogens (primary N) is 1. The summed E-state index contributed by atoms with van der Waals surface area (Å²) in [4.78, 5) is 5.63. The fraction of sp³-hybridized carbons (Fsp3) is 0.214. The van der Waals surface area contributed by atoms with E-state index in [1.807, 2.05) is 12.1 Å². The van der Waals surface area contributed by atoms with Crippen molar-refractivity contribution in [1.82, 2.24) is 4.98 Å². The lowest BCUT2D eigenvalue weighted by molar-refractivity contribution is 0.602. The summed E-state index contributed by atoms with van der Waals surface area (Å²) in [7, 11) is -3.15. The molecular formula is C14H16N2O2S2. The van der Waals surface area contributed by atoms with Crippen molar-refractivity contribution in [2.75, 3.05) is 12.8 Å². The van der Waals surface area contributed by atoms with Gasteiger partial charge in [0, 0.05) is 17.3 Å². The number of benzene rings is 1. The van der Waals surface area contributed by atoms with Gasteiger partial charge in [0.05, 0.1) is 4.90 Å². The van der Waals surface area contributed by atoms with Gasteiger partial charge in [-0.15, -0.1) is 0 Å². The van der Waals surface area contributed by atoms with Gasteiger partial charge in [-0.1, -0.05) is 17.8 Å². The first kappa shape index (κ1) is 15.0. The molecule has 0 fully saturated rings. The molecule has 0 aliphatic heterocycles. The number of rotatable bonds is 5. The molecule has 0 spiro atoms. The molecule has 6 heteroatoms. The molecule has 0 saturated carbocycles. The van der Waals surface area contributed by atoms with Gasteiger partial charge >= 0.3 is 0 Å². The second-order valence-electron chi connectivity index (χ2n) is 4.35. The van der Waals surface area contributed by atoms with Gasteiger partial charge < -0.3 is 5.73 Å². The molecule has 106 valence electrons. The summed E-state index contributed by atoms with van der Waals surface area (Å²) in [5.41, 5.74) is 6.69. The predicted molar refractivity (Wildman–Crippen MR) is 80.7 cm³/mol. The van der Waals surface area contributed by atoms with Crippen molar-refractivity contribution in [3.05, 3.63) is 48.2 Å². The highest BCUT2D eigenvalue weighted by molar-refractivity contribution is 7.99. The number of aromatic nitrogens is 1. The lowest BCUT2D eigenvalue weighted by Crippen LogP contribution is -2.04. The van der Waals surface area contributed by atoms with E-state index in [9.17, 15) is 8.42 Å². The van der Waals surface area contributed by atoms with Crippen molar-refractivity contribution >= 4 is 21.6 Å². The zero-order valence-corrected chi connectivity index (χ0v) is 12.7. The number of hydrogen-bond donors (Lipinski definition) is 1. The highest BCUT2D eigenvalue weighted by Crippen LogP contribution is 2.29. The Morgan fingerprint density at radius 3 is 2.50 bits per heavy atom. The molecule has 0 atom stereocenters. The van der Waals surface area contributed by atoms with Crippen LogP contribution in [0.5, 0.6) is 0 Å². The van der Waals surface area contributed by atoms with Crippen LogP contribution in [0.2, 0.25) is 0 Å². The molecule has 2 N–H and O–H groups in total. The van der Waals surface area contributed by atoms with Crippen molar-refractivity contribution in [3.63, 3.8) is 0 Å². The topological polar surface area (TPSA) is 73.0 Å². The van der Waals surface area contributed by atoms with E-state index in [-0.39, 0.29) is 0 Å². The highest BCUT2D eigenvalue weighted by Gasteiger charge is 2.08. The van der Waals surface area contributed by atoms with Crippen molar-refractivity contribution < 1.29 is 8.42 Å². The molecule has 0 radical (unpaired) electrons. The lowest BCUT2D eigenvalue weighted by atomic mass is 10.2. The van der Waals surface area contributed by atoms with Crippen LogP contribution >= 0.6 is 11.8 Å². The Balaban J connectivity index is 2.22. The standard InChI is InChI=1S/C14H16N2O2S2/c1-20(17,18)13-6-4-12(5-7-13)19-14-11(8-9-15)3-2-10-16-14/h2-7,10H,8-9,15H2,1H3. The maximum absolute atomic E-state index is 11.4. The Morgan fingerprint density at radius 1 is 1.20 bits per heavy atom. The Bertz CT molecular complexity index is 683. The largest absolute Gasteiger partial charge is 0.330 e. The Kier molecular flexibility index (Phi) is 4.80. The molecule has 20 heavy (non-hydrogen) atoms. The SMILES string of the molecule is CS(=O)(=O)c1ccc(Sc2ncccc2CCN)cc1. The summed E-state index contributed by atoms with van der Waals surface area (Å²) in [5.74, 6) is 0. The minimum atomic E-state index is -3.15. The highest BCUT2D eigenvalue weighted by atomic mass is 32.2. The molecule has 4 nitrogen and oxygen atoms in total. The van der Waals surface area contributed by atoms with Gasteiger partial charge in [0.15, 0.2) is 9.84 Å². The van der Waals surface area contributed by atoms with Crippen LogP contribution < -0.4 is 5.73 Å². The summed E-state index contributed by atoms with van der Waals surface area (Å²) in [5, 5.41) is 0.907. The lowest BCUT2D eigenvalue weighted by Gasteiger charge is -2.07. The number of nitrogens with zero attached hydrogens (tertiary/aromatic N) is 1. The summed E-state index contributed by atoms with van der Waals surface area (Å²) in [6, 6.07) is 10.7. The number of pyridine rings is 1. The minimum absolute atomic E-state index is 0.324. The fourth-order valence-electron chi connectivity index (χ4n) is 1.73. The zero-order valence-electron chi connectivity index (χ0n) is 11.1. The third kappa shape index (κ3) is 3.82. The number of sulfone groups is 1. The van der Waals surface area contributed by atoms with Crippen molar-refractivity contribution in [2.45, 2.75) is 21.2 Å². The first-order valence-corrected chi connectivity index (χ1v) is 8.83.